The van der Waals surface area contributed by atoms with Gasteiger partial charge in [0.05, 0.1) is 0 Å². The Morgan fingerprint density at radius 1 is 1.44 bits per heavy atom. The molecule has 0 bridgehead atoms. The van der Waals surface area contributed by atoms with Gasteiger partial charge in [-0.05, 0) is 25.5 Å². The molecule has 100 valence electrons. The standard InChI is InChI=1S/C13H21ClN4/c1-3-18-6-4-11(5-7-18)17(2)13-9-10(15)8-12(14)16-13/h8-9,11H,3-7H2,1-2H3,(H2,15,16). The third-order valence-electron chi connectivity index (χ3n) is 3.72. The van der Waals surface area contributed by atoms with Crippen LogP contribution in [0.15, 0.2) is 12.1 Å². The molecule has 0 aromatic carbocycles. The van der Waals surface area contributed by atoms with Crippen molar-refractivity contribution in [3.8, 4) is 0 Å². The Morgan fingerprint density at radius 3 is 2.67 bits per heavy atom. The Kier molecular flexibility index (Phi) is 4.30. The normalized spacial score (nSPS) is 17.9. The van der Waals surface area contributed by atoms with Crippen molar-refractivity contribution < 1.29 is 0 Å². The van der Waals surface area contributed by atoms with Crippen LogP contribution in [-0.4, -0.2) is 42.6 Å². The summed E-state index contributed by atoms with van der Waals surface area (Å²) in [5.74, 6) is 0.870. The first-order valence-corrected chi connectivity index (χ1v) is 6.86. The number of aromatic nitrogens is 1. The number of nitrogens with two attached hydrogens (primary N) is 1. The minimum Gasteiger partial charge on any atom is -0.399 e. The summed E-state index contributed by atoms with van der Waals surface area (Å²) in [6, 6.07) is 4.09. The van der Waals surface area contributed by atoms with Gasteiger partial charge in [0.2, 0.25) is 0 Å². The first kappa shape index (κ1) is 13.4. The smallest absolute Gasteiger partial charge is 0.133 e. The Balaban J connectivity index is 2.05. The van der Waals surface area contributed by atoms with Gasteiger partial charge in [-0.15, -0.1) is 0 Å². The molecule has 1 aromatic rings. The first-order chi connectivity index (χ1) is 8.60. The van der Waals surface area contributed by atoms with Crippen LogP contribution in [0.5, 0.6) is 0 Å². The SMILES string of the molecule is CCN1CCC(N(C)c2cc(N)cc(Cl)n2)CC1. The van der Waals surface area contributed by atoms with E-state index in [0.29, 0.717) is 16.9 Å². The average Bonchev–Trinajstić information content (AvgIpc) is 2.37. The summed E-state index contributed by atoms with van der Waals surface area (Å²) in [7, 11) is 2.07. The van der Waals surface area contributed by atoms with Crippen molar-refractivity contribution >= 4 is 23.1 Å². The number of halogens is 1. The molecule has 2 N–H and O–H groups in total. The number of piperidine rings is 1. The summed E-state index contributed by atoms with van der Waals surface area (Å²) in [5.41, 5.74) is 6.48. The molecule has 1 aromatic heterocycles. The highest BCUT2D eigenvalue weighted by Crippen LogP contribution is 2.24. The van der Waals surface area contributed by atoms with Crippen LogP contribution in [0.2, 0.25) is 5.15 Å². The summed E-state index contributed by atoms with van der Waals surface area (Å²) in [5, 5.41) is 0.461. The molecule has 2 rings (SSSR count). The highest BCUT2D eigenvalue weighted by molar-refractivity contribution is 6.29. The minimum atomic E-state index is 0.461. The molecule has 1 fully saturated rings. The predicted molar refractivity (Wildman–Crippen MR) is 77.2 cm³/mol. The minimum absolute atomic E-state index is 0.461. The molecular weight excluding hydrogens is 248 g/mol. The fraction of sp³-hybridized carbons (Fsp3) is 0.615. The Hall–Kier alpha value is -1.00. The molecule has 0 saturated carbocycles. The van der Waals surface area contributed by atoms with Gasteiger partial charge in [-0.25, -0.2) is 4.98 Å². The van der Waals surface area contributed by atoms with E-state index in [1.807, 2.05) is 6.07 Å². The van der Waals surface area contributed by atoms with Crippen LogP contribution in [0, 0.1) is 0 Å². The number of nitrogens with zero attached hydrogens (tertiary/aromatic N) is 3. The van der Waals surface area contributed by atoms with Gasteiger partial charge in [-0.1, -0.05) is 18.5 Å². The zero-order valence-corrected chi connectivity index (χ0v) is 11.8. The number of rotatable bonds is 3. The van der Waals surface area contributed by atoms with Gasteiger partial charge in [-0.3, -0.25) is 0 Å². The molecule has 0 radical (unpaired) electrons. The summed E-state index contributed by atoms with van der Waals surface area (Å²) in [4.78, 5) is 9.03. The largest absolute Gasteiger partial charge is 0.399 e. The van der Waals surface area contributed by atoms with Gasteiger partial charge in [0, 0.05) is 37.9 Å². The molecule has 0 amide bonds. The van der Waals surface area contributed by atoms with Crippen molar-refractivity contribution in [3.63, 3.8) is 0 Å². The summed E-state index contributed by atoms with van der Waals surface area (Å²) < 4.78 is 0. The molecule has 2 heterocycles. The highest BCUT2D eigenvalue weighted by Gasteiger charge is 2.22. The van der Waals surface area contributed by atoms with E-state index in [2.05, 4.69) is 28.8 Å². The summed E-state index contributed by atoms with van der Waals surface area (Å²) in [6.07, 6.45) is 2.33. The van der Waals surface area contributed by atoms with Crippen LogP contribution < -0.4 is 10.6 Å². The number of hydrogen-bond acceptors (Lipinski definition) is 4. The van der Waals surface area contributed by atoms with Crippen molar-refractivity contribution in [2.45, 2.75) is 25.8 Å². The van der Waals surface area contributed by atoms with Gasteiger partial charge >= 0.3 is 0 Å². The lowest BCUT2D eigenvalue weighted by Gasteiger charge is -2.36. The number of nitrogen functional groups attached to an aromatic ring is 1. The first-order valence-electron chi connectivity index (χ1n) is 6.48. The number of likely N-dealkylation sites (tertiary alicyclic amines) is 1. The fourth-order valence-corrected chi connectivity index (χ4v) is 2.71. The summed E-state index contributed by atoms with van der Waals surface area (Å²) in [6.45, 7) is 5.66. The van der Waals surface area contributed by atoms with E-state index < -0.39 is 0 Å². The van der Waals surface area contributed by atoms with E-state index in [0.717, 1.165) is 25.5 Å². The molecule has 0 aliphatic carbocycles. The van der Waals surface area contributed by atoms with E-state index in [-0.39, 0.29) is 0 Å². The van der Waals surface area contributed by atoms with E-state index >= 15 is 0 Å². The van der Waals surface area contributed by atoms with Crippen molar-refractivity contribution in [2.75, 3.05) is 37.3 Å². The van der Waals surface area contributed by atoms with Crippen LogP contribution in [0.1, 0.15) is 19.8 Å². The van der Waals surface area contributed by atoms with Gasteiger partial charge in [0.15, 0.2) is 0 Å². The van der Waals surface area contributed by atoms with Gasteiger partial charge in [-0.2, -0.15) is 0 Å². The maximum absolute atomic E-state index is 5.95. The molecule has 4 nitrogen and oxygen atoms in total. The monoisotopic (exact) mass is 268 g/mol. The lowest BCUT2D eigenvalue weighted by molar-refractivity contribution is 0.220. The second-order valence-electron chi connectivity index (χ2n) is 4.86. The van der Waals surface area contributed by atoms with Crippen molar-refractivity contribution in [2.24, 2.45) is 0 Å². The van der Waals surface area contributed by atoms with E-state index in [1.165, 1.54) is 12.8 Å². The lowest BCUT2D eigenvalue weighted by atomic mass is 10.0. The van der Waals surface area contributed by atoms with Crippen molar-refractivity contribution in [1.82, 2.24) is 9.88 Å². The van der Waals surface area contributed by atoms with Gasteiger partial charge < -0.3 is 15.5 Å². The maximum Gasteiger partial charge on any atom is 0.133 e. The number of hydrogen-bond donors (Lipinski definition) is 1. The highest BCUT2D eigenvalue weighted by atomic mass is 35.5. The molecule has 1 saturated heterocycles. The Labute approximate surface area is 114 Å². The van der Waals surface area contributed by atoms with E-state index in [1.54, 1.807) is 6.07 Å². The van der Waals surface area contributed by atoms with Crippen molar-refractivity contribution in [3.05, 3.63) is 17.3 Å². The van der Waals surface area contributed by atoms with Gasteiger partial charge in [0.25, 0.3) is 0 Å². The van der Waals surface area contributed by atoms with Crippen LogP contribution in [-0.2, 0) is 0 Å². The Morgan fingerprint density at radius 2 is 2.11 bits per heavy atom. The zero-order valence-electron chi connectivity index (χ0n) is 11.1. The third-order valence-corrected chi connectivity index (χ3v) is 3.91. The lowest BCUT2D eigenvalue weighted by Crippen LogP contribution is -2.43. The van der Waals surface area contributed by atoms with E-state index in [9.17, 15) is 0 Å². The van der Waals surface area contributed by atoms with Gasteiger partial charge in [0.1, 0.15) is 11.0 Å². The van der Waals surface area contributed by atoms with Crippen LogP contribution in [0.3, 0.4) is 0 Å². The van der Waals surface area contributed by atoms with Crippen LogP contribution >= 0.6 is 11.6 Å². The average molecular weight is 269 g/mol. The van der Waals surface area contributed by atoms with Crippen LogP contribution in [0.4, 0.5) is 11.5 Å². The molecule has 0 unspecified atom stereocenters. The number of anilines is 2. The molecule has 18 heavy (non-hydrogen) atoms. The molecule has 0 atom stereocenters. The maximum atomic E-state index is 5.95. The van der Waals surface area contributed by atoms with Crippen LogP contribution in [0.25, 0.3) is 0 Å². The predicted octanol–water partition coefficient (Wildman–Crippen LogP) is 2.24. The molecule has 1 aliphatic heterocycles. The number of pyridine rings is 1. The molecular formula is C13H21ClN4. The topological polar surface area (TPSA) is 45.4 Å². The second-order valence-corrected chi connectivity index (χ2v) is 5.24. The summed E-state index contributed by atoms with van der Waals surface area (Å²) >= 11 is 5.95. The quantitative estimate of drug-likeness (QED) is 0.854. The fourth-order valence-electron chi connectivity index (χ4n) is 2.49. The molecule has 1 aliphatic rings. The van der Waals surface area contributed by atoms with E-state index in [4.69, 9.17) is 17.3 Å². The molecule has 0 spiro atoms. The third kappa shape index (κ3) is 3.06. The van der Waals surface area contributed by atoms with Crippen molar-refractivity contribution in [1.29, 1.82) is 0 Å². The zero-order chi connectivity index (χ0) is 13.1. The Bertz CT molecular complexity index is 382. The molecule has 5 heteroatoms. The second kappa shape index (κ2) is 5.76.